The minimum absolute atomic E-state index is 0.214. The van der Waals surface area contributed by atoms with Crippen LogP contribution in [0, 0.1) is 17.2 Å². The zero-order chi connectivity index (χ0) is 29.8. The van der Waals surface area contributed by atoms with Crippen LogP contribution >= 0.6 is 0 Å². The number of likely N-dealkylation sites (tertiary alicyclic amines) is 1. The third-order valence-electron chi connectivity index (χ3n) is 9.83. The van der Waals surface area contributed by atoms with Gasteiger partial charge in [0.2, 0.25) is 11.8 Å². The molecule has 0 bridgehead atoms. The van der Waals surface area contributed by atoms with E-state index in [9.17, 15) is 18.8 Å². The van der Waals surface area contributed by atoms with Gasteiger partial charge in [-0.25, -0.2) is 9.18 Å². The number of hydrogen-bond donors (Lipinski definition) is 3. The molecule has 4 fully saturated rings. The minimum Gasteiger partial charge on any atom is -0.445 e. The van der Waals surface area contributed by atoms with Crippen molar-refractivity contribution in [3.05, 3.63) is 59.9 Å². The van der Waals surface area contributed by atoms with Gasteiger partial charge in [0.25, 0.3) is 0 Å². The van der Waals surface area contributed by atoms with Gasteiger partial charge in [-0.3, -0.25) is 14.9 Å². The summed E-state index contributed by atoms with van der Waals surface area (Å²) in [5.74, 6) is -0.439. The summed E-state index contributed by atoms with van der Waals surface area (Å²) < 4.78 is 20.3. The summed E-state index contributed by atoms with van der Waals surface area (Å²) in [7, 11) is 0. The van der Waals surface area contributed by atoms with Gasteiger partial charge < -0.3 is 25.2 Å². The highest BCUT2D eigenvalue weighted by Crippen LogP contribution is 2.49. The Kier molecular flexibility index (Phi) is 8.83. The lowest BCUT2D eigenvalue weighted by atomic mass is 9.60. The molecular weight excluding hydrogens is 549 g/mol. The molecule has 3 N–H and O–H groups in total. The first-order chi connectivity index (χ1) is 20.8. The molecule has 1 spiro atoms. The van der Waals surface area contributed by atoms with Gasteiger partial charge in [-0.2, -0.15) is 0 Å². The molecule has 4 aliphatic rings. The van der Waals surface area contributed by atoms with Gasteiger partial charge in [-0.1, -0.05) is 30.3 Å². The largest absolute Gasteiger partial charge is 0.445 e. The van der Waals surface area contributed by atoms with Gasteiger partial charge in [0.15, 0.2) is 0 Å². The molecule has 3 aliphatic heterocycles. The summed E-state index contributed by atoms with van der Waals surface area (Å²) in [5.41, 5.74) is 2.50. The van der Waals surface area contributed by atoms with Crippen LogP contribution in [0.25, 0.3) is 0 Å². The first-order valence-electron chi connectivity index (χ1n) is 15.7. The highest BCUT2D eigenvalue weighted by molar-refractivity contribution is 6.01. The van der Waals surface area contributed by atoms with Crippen LogP contribution in [0.4, 0.5) is 20.6 Å². The number of ether oxygens (including phenoxy) is 1. The van der Waals surface area contributed by atoms with Crippen LogP contribution in [-0.2, 0) is 20.9 Å². The first kappa shape index (κ1) is 29.4. The lowest BCUT2D eigenvalue weighted by Crippen LogP contribution is -2.55. The Morgan fingerprint density at radius 2 is 1.74 bits per heavy atom. The van der Waals surface area contributed by atoms with Crippen molar-refractivity contribution in [1.29, 1.82) is 0 Å². The van der Waals surface area contributed by atoms with Gasteiger partial charge in [0, 0.05) is 37.8 Å². The number of carbonyl (C=O) groups excluding carboxylic acids is 3. The number of halogens is 1. The van der Waals surface area contributed by atoms with E-state index in [0.29, 0.717) is 24.4 Å². The Balaban J connectivity index is 0.883. The number of nitrogens with zero attached hydrogens (tertiary/aromatic N) is 2. The minimum atomic E-state index is -0.602. The number of rotatable bonds is 8. The van der Waals surface area contributed by atoms with Crippen LogP contribution in [0.15, 0.2) is 48.5 Å². The molecule has 1 atom stereocenters. The maximum absolute atomic E-state index is 14.9. The molecule has 230 valence electrons. The number of anilines is 2. The third kappa shape index (κ3) is 7.29. The van der Waals surface area contributed by atoms with E-state index >= 15 is 0 Å². The summed E-state index contributed by atoms with van der Waals surface area (Å²) in [6.07, 6.45) is 6.89. The highest BCUT2D eigenvalue weighted by atomic mass is 19.1. The molecule has 1 aliphatic carbocycles. The molecule has 9 nitrogen and oxygen atoms in total. The summed E-state index contributed by atoms with van der Waals surface area (Å²) >= 11 is 0. The summed E-state index contributed by atoms with van der Waals surface area (Å²) in [6, 6.07) is 14.5. The molecule has 10 heteroatoms. The van der Waals surface area contributed by atoms with Crippen molar-refractivity contribution in [2.45, 2.75) is 70.1 Å². The Hall–Kier alpha value is -3.66. The normalized spacial score (nSPS) is 23.0. The van der Waals surface area contributed by atoms with Crippen LogP contribution in [0.1, 0.15) is 56.9 Å². The summed E-state index contributed by atoms with van der Waals surface area (Å²) in [4.78, 5) is 40.4. The quantitative estimate of drug-likeness (QED) is 0.391. The van der Waals surface area contributed by atoms with E-state index in [1.165, 1.54) is 12.8 Å². The standard InChI is InChI=1S/C33H42FN5O4/c34-27-18-26(6-7-28(27)36-29-8-9-30(40)37-31(29)41)39-14-10-23(11-15-39)21-38-16-12-33(13-17-38)19-25(20-33)35-32(42)43-22-24-4-2-1-3-5-24/h1-7,18,23,25,29,36H,8-17,19-22H2,(H,35,42)(H,37,40,41). The first-order valence-corrected chi connectivity index (χ1v) is 15.7. The lowest BCUT2D eigenvalue weighted by molar-refractivity contribution is -0.133. The second kappa shape index (κ2) is 12.9. The Labute approximate surface area is 252 Å². The average molecular weight is 592 g/mol. The highest BCUT2D eigenvalue weighted by Gasteiger charge is 2.46. The number of hydrogen-bond acceptors (Lipinski definition) is 7. The molecule has 0 radical (unpaired) electrons. The molecule has 3 amide bonds. The predicted octanol–water partition coefficient (Wildman–Crippen LogP) is 4.43. The molecule has 3 saturated heterocycles. The van der Waals surface area contributed by atoms with Crippen molar-refractivity contribution in [1.82, 2.24) is 15.5 Å². The number of nitrogens with one attached hydrogen (secondary N) is 3. The molecular formula is C33H42FN5O4. The molecule has 2 aromatic carbocycles. The molecule has 1 saturated carbocycles. The maximum atomic E-state index is 14.9. The van der Waals surface area contributed by atoms with E-state index in [1.807, 2.05) is 36.4 Å². The fraction of sp³-hybridized carbons (Fsp3) is 0.545. The van der Waals surface area contributed by atoms with Crippen molar-refractivity contribution in [3.8, 4) is 0 Å². The smallest absolute Gasteiger partial charge is 0.407 e. The summed E-state index contributed by atoms with van der Waals surface area (Å²) in [5, 5.41) is 8.30. The number of amides is 3. The number of imide groups is 1. The van der Waals surface area contributed by atoms with E-state index in [4.69, 9.17) is 4.74 Å². The number of benzene rings is 2. The average Bonchev–Trinajstić information content (AvgIpc) is 2.99. The second-order valence-electron chi connectivity index (χ2n) is 12.9. The van der Waals surface area contributed by atoms with Gasteiger partial charge in [-0.05, 0) is 93.1 Å². The third-order valence-corrected chi connectivity index (χ3v) is 9.83. The van der Waals surface area contributed by atoms with E-state index in [0.717, 1.165) is 69.7 Å². The van der Waals surface area contributed by atoms with Gasteiger partial charge in [-0.15, -0.1) is 0 Å². The van der Waals surface area contributed by atoms with E-state index < -0.39 is 11.9 Å². The monoisotopic (exact) mass is 591 g/mol. The van der Waals surface area contributed by atoms with Crippen molar-refractivity contribution >= 4 is 29.3 Å². The van der Waals surface area contributed by atoms with Crippen molar-refractivity contribution in [3.63, 3.8) is 0 Å². The fourth-order valence-corrected chi connectivity index (χ4v) is 7.21. The molecule has 6 rings (SSSR count). The fourth-order valence-electron chi connectivity index (χ4n) is 7.21. The van der Waals surface area contributed by atoms with Gasteiger partial charge in [0.05, 0.1) is 5.69 Å². The van der Waals surface area contributed by atoms with Gasteiger partial charge >= 0.3 is 6.09 Å². The van der Waals surface area contributed by atoms with E-state index in [1.54, 1.807) is 12.1 Å². The lowest BCUT2D eigenvalue weighted by Gasteiger charge is -2.52. The SMILES string of the molecule is O=C1CCC(Nc2ccc(N3CCC(CN4CCC5(CC4)CC(NC(=O)OCc4ccccc4)C5)CC3)cc2F)C(=O)N1. The molecule has 1 unspecified atom stereocenters. The Morgan fingerprint density at radius 3 is 2.44 bits per heavy atom. The van der Waals surface area contributed by atoms with Crippen molar-refractivity contribution < 1.29 is 23.5 Å². The zero-order valence-electron chi connectivity index (χ0n) is 24.7. The number of piperidine rings is 3. The molecule has 3 heterocycles. The predicted molar refractivity (Wildman–Crippen MR) is 162 cm³/mol. The Bertz CT molecular complexity index is 1300. The molecule has 43 heavy (non-hydrogen) atoms. The van der Waals surface area contributed by atoms with Crippen LogP contribution in [0.5, 0.6) is 0 Å². The van der Waals surface area contributed by atoms with Crippen molar-refractivity contribution in [2.75, 3.05) is 42.9 Å². The number of carbonyl (C=O) groups is 3. The molecule has 0 aromatic heterocycles. The maximum Gasteiger partial charge on any atom is 0.407 e. The number of alkyl carbamates (subject to hydrolysis) is 1. The van der Waals surface area contributed by atoms with Crippen LogP contribution in [0.3, 0.4) is 0 Å². The summed E-state index contributed by atoms with van der Waals surface area (Å²) in [6.45, 7) is 5.42. The second-order valence-corrected chi connectivity index (χ2v) is 12.9. The molecule has 2 aromatic rings. The van der Waals surface area contributed by atoms with Gasteiger partial charge in [0.1, 0.15) is 18.5 Å². The zero-order valence-corrected chi connectivity index (χ0v) is 24.7. The van der Waals surface area contributed by atoms with E-state index in [2.05, 4.69) is 25.8 Å². The van der Waals surface area contributed by atoms with Crippen LogP contribution in [0.2, 0.25) is 0 Å². The van der Waals surface area contributed by atoms with E-state index in [-0.39, 0.29) is 36.0 Å². The van der Waals surface area contributed by atoms with Crippen LogP contribution < -0.4 is 20.9 Å². The Morgan fingerprint density at radius 1 is 1.00 bits per heavy atom. The topological polar surface area (TPSA) is 103 Å². The van der Waals surface area contributed by atoms with Crippen molar-refractivity contribution in [2.24, 2.45) is 11.3 Å². The van der Waals surface area contributed by atoms with Crippen LogP contribution in [-0.4, -0.2) is 67.6 Å².